The SMILES string of the molecule is CCc1ccc(OCc2cccc(C(=O)N3CCN(Cc4cccc(OC)c4)CC3)c2)cc1. The number of hydrogen-bond acceptors (Lipinski definition) is 4. The van der Waals surface area contributed by atoms with Crippen LogP contribution in [0.3, 0.4) is 0 Å². The highest BCUT2D eigenvalue weighted by Gasteiger charge is 2.22. The van der Waals surface area contributed by atoms with Gasteiger partial charge in [-0.25, -0.2) is 0 Å². The van der Waals surface area contributed by atoms with Gasteiger partial charge < -0.3 is 14.4 Å². The minimum atomic E-state index is 0.0881. The lowest BCUT2D eigenvalue weighted by Crippen LogP contribution is -2.48. The quantitative estimate of drug-likeness (QED) is 0.501. The van der Waals surface area contributed by atoms with Crippen LogP contribution in [-0.4, -0.2) is 49.0 Å². The fourth-order valence-corrected chi connectivity index (χ4v) is 4.10. The van der Waals surface area contributed by atoms with E-state index >= 15 is 0 Å². The Kier molecular flexibility index (Phi) is 7.63. The van der Waals surface area contributed by atoms with Gasteiger partial charge >= 0.3 is 0 Å². The smallest absolute Gasteiger partial charge is 0.253 e. The lowest BCUT2D eigenvalue weighted by molar-refractivity contribution is 0.0628. The monoisotopic (exact) mass is 444 g/mol. The number of benzene rings is 3. The Labute approximate surface area is 196 Å². The summed E-state index contributed by atoms with van der Waals surface area (Å²) in [5.41, 5.74) is 4.24. The van der Waals surface area contributed by atoms with Crippen LogP contribution in [-0.2, 0) is 19.6 Å². The molecule has 1 aliphatic heterocycles. The highest BCUT2D eigenvalue weighted by atomic mass is 16.5. The summed E-state index contributed by atoms with van der Waals surface area (Å²) in [5, 5.41) is 0. The van der Waals surface area contributed by atoms with Gasteiger partial charge in [0.05, 0.1) is 7.11 Å². The molecular formula is C28H32N2O3. The van der Waals surface area contributed by atoms with Gasteiger partial charge in [0.15, 0.2) is 0 Å². The summed E-state index contributed by atoms with van der Waals surface area (Å²) >= 11 is 0. The Morgan fingerprint density at radius 1 is 0.818 bits per heavy atom. The lowest BCUT2D eigenvalue weighted by Gasteiger charge is -2.35. The van der Waals surface area contributed by atoms with Crippen molar-refractivity contribution in [1.82, 2.24) is 9.80 Å². The number of piperazine rings is 1. The number of nitrogens with zero attached hydrogens (tertiary/aromatic N) is 2. The molecule has 0 radical (unpaired) electrons. The molecule has 3 aromatic carbocycles. The molecule has 0 unspecified atom stereocenters. The molecule has 3 aromatic rings. The standard InChI is InChI=1S/C28H32N2O3/c1-3-22-10-12-26(13-11-22)33-21-24-7-4-8-25(18-24)28(31)30-16-14-29(15-17-30)20-23-6-5-9-27(19-23)32-2/h4-13,18-19H,3,14-17,20-21H2,1-2H3. The summed E-state index contributed by atoms with van der Waals surface area (Å²) in [7, 11) is 1.69. The van der Waals surface area contributed by atoms with Crippen LogP contribution in [0.5, 0.6) is 11.5 Å². The zero-order chi connectivity index (χ0) is 23.0. The second-order valence-electron chi connectivity index (χ2n) is 8.41. The lowest BCUT2D eigenvalue weighted by atomic mass is 10.1. The van der Waals surface area contributed by atoms with Crippen molar-refractivity contribution in [2.75, 3.05) is 33.3 Å². The third-order valence-corrected chi connectivity index (χ3v) is 6.11. The average molecular weight is 445 g/mol. The second-order valence-corrected chi connectivity index (χ2v) is 8.41. The van der Waals surface area contributed by atoms with Gasteiger partial charge in [-0.15, -0.1) is 0 Å². The van der Waals surface area contributed by atoms with Gasteiger partial charge in [-0.1, -0.05) is 43.3 Å². The summed E-state index contributed by atoms with van der Waals surface area (Å²) in [6.45, 7) is 6.63. The molecule has 5 heteroatoms. The molecule has 1 heterocycles. The van der Waals surface area contributed by atoms with E-state index in [4.69, 9.17) is 9.47 Å². The number of hydrogen-bond donors (Lipinski definition) is 0. The number of aryl methyl sites for hydroxylation is 1. The van der Waals surface area contributed by atoms with Crippen LogP contribution in [0.25, 0.3) is 0 Å². The molecule has 0 aliphatic carbocycles. The first-order chi connectivity index (χ1) is 16.1. The predicted octanol–water partition coefficient (Wildman–Crippen LogP) is 4.79. The zero-order valence-electron chi connectivity index (χ0n) is 19.5. The van der Waals surface area contributed by atoms with Gasteiger partial charge in [-0.3, -0.25) is 9.69 Å². The first-order valence-electron chi connectivity index (χ1n) is 11.6. The van der Waals surface area contributed by atoms with Crippen LogP contribution in [0.4, 0.5) is 0 Å². The van der Waals surface area contributed by atoms with E-state index < -0.39 is 0 Å². The van der Waals surface area contributed by atoms with E-state index in [1.807, 2.05) is 53.4 Å². The van der Waals surface area contributed by atoms with Crippen molar-refractivity contribution in [2.45, 2.75) is 26.5 Å². The predicted molar refractivity (Wildman–Crippen MR) is 131 cm³/mol. The van der Waals surface area contributed by atoms with Crippen molar-refractivity contribution in [1.29, 1.82) is 0 Å². The van der Waals surface area contributed by atoms with Crippen molar-refractivity contribution in [3.05, 3.63) is 95.1 Å². The van der Waals surface area contributed by atoms with E-state index in [1.54, 1.807) is 7.11 Å². The molecule has 0 bridgehead atoms. The van der Waals surface area contributed by atoms with Crippen LogP contribution in [0.15, 0.2) is 72.8 Å². The summed E-state index contributed by atoms with van der Waals surface area (Å²) in [6, 6.07) is 24.1. The van der Waals surface area contributed by atoms with Crippen LogP contribution in [0.1, 0.15) is 34.0 Å². The maximum Gasteiger partial charge on any atom is 0.253 e. The number of methoxy groups -OCH3 is 1. The maximum atomic E-state index is 13.1. The summed E-state index contributed by atoms with van der Waals surface area (Å²) in [5.74, 6) is 1.81. The van der Waals surface area contributed by atoms with Crippen LogP contribution in [0, 0.1) is 0 Å². The Morgan fingerprint density at radius 2 is 1.55 bits per heavy atom. The summed E-state index contributed by atoms with van der Waals surface area (Å²) in [6.07, 6.45) is 1.01. The van der Waals surface area contributed by atoms with Gasteiger partial charge in [0, 0.05) is 38.3 Å². The number of carbonyl (C=O) groups is 1. The van der Waals surface area contributed by atoms with Crippen LogP contribution < -0.4 is 9.47 Å². The van der Waals surface area contributed by atoms with Gasteiger partial charge in [0.25, 0.3) is 5.91 Å². The minimum Gasteiger partial charge on any atom is -0.497 e. The Balaban J connectivity index is 1.30. The summed E-state index contributed by atoms with van der Waals surface area (Å²) < 4.78 is 11.2. The van der Waals surface area contributed by atoms with Gasteiger partial charge in [0.2, 0.25) is 0 Å². The highest BCUT2D eigenvalue weighted by molar-refractivity contribution is 5.94. The van der Waals surface area contributed by atoms with E-state index in [-0.39, 0.29) is 5.91 Å². The summed E-state index contributed by atoms with van der Waals surface area (Å²) in [4.78, 5) is 17.4. The molecule has 0 aromatic heterocycles. The fourth-order valence-electron chi connectivity index (χ4n) is 4.10. The van der Waals surface area contributed by atoms with Gasteiger partial charge in [-0.2, -0.15) is 0 Å². The van der Waals surface area contributed by atoms with Gasteiger partial charge in [0.1, 0.15) is 18.1 Å². The zero-order valence-corrected chi connectivity index (χ0v) is 19.5. The van der Waals surface area contributed by atoms with E-state index in [0.717, 1.165) is 61.8 Å². The van der Waals surface area contributed by atoms with Crippen LogP contribution >= 0.6 is 0 Å². The molecular weight excluding hydrogens is 412 g/mol. The minimum absolute atomic E-state index is 0.0881. The van der Waals surface area contributed by atoms with Crippen molar-refractivity contribution < 1.29 is 14.3 Å². The van der Waals surface area contributed by atoms with E-state index in [0.29, 0.717) is 6.61 Å². The molecule has 1 aliphatic rings. The third-order valence-electron chi connectivity index (χ3n) is 6.11. The van der Waals surface area contributed by atoms with E-state index in [9.17, 15) is 4.79 Å². The number of rotatable bonds is 8. The maximum absolute atomic E-state index is 13.1. The van der Waals surface area contributed by atoms with E-state index in [1.165, 1.54) is 11.1 Å². The molecule has 1 amide bonds. The molecule has 0 spiro atoms. The second kappa shape index (κ2) is 11.0. The topological polar surface area (TPSA) is 42.0 Å². The van der Waals surface area contributed by atoms with Gasteiger partial charge in [-0.05, 0) is 59.5 Å². The number of carbonyl (C=O) groups excluding carboxylic acids is 1. The largest absolute Gasteiger partial charge is 0.497 e. The molecule has 0 atom stereocenters. The van der Waals surface area contributed by atoms with Crippen molar-refractivity contribution >= 4 is 5.91 Å². The molecule has 1 fully saturated rings. The molecule has 4 rings (SSSR count). The molecule has 5 nitrogen and oxygen atoms in total. The van der Waals surface area contributed by atoms with Crippen molar-refractivity contribution in [3.8, 4) is 11.5 Å². The highest BCUT2D eigenvalue weighted by Crippen LogP contribution is 2.18. The third kappa shape index (κ3) is 6.14. The van der Waals surface area contributed by atoms with Crippen molar-refractivity contribution in [2.24, 2.45) is 0 Å². The molecule has 0 saturated carbocycles. The molecule has 172 valence electrons. The number of ether oxygens (including phenoxy) is 2. The molecule has 33 heavy (non-hydrogen) atoms. The fraction of sp³-hybridized carbons (Fsp3) is 0.321. The van der Waals surface area contributed by atoms with E-state index in [2.05, 4.69) is 36.1 Å². The van der Waals surface area contributed by atoms with Crippen molar-refractivity contribution in [3.63, 3.8) is 0 Å². The Morgan fingerprint density at radius 3 is 2.27 bits per heavy atom. The first kappa shape index (κ1) is 22.9. The molecule has 0 N–H and O–H groups in total. The van der Waals surface area contributed by atoms with Crippen LogP contribution in [0.2, 0.25) is 0 Å². The Bertz CT molecular complexity index is 1060. The number of amides is 1. The Hall–Kier alpha value is -3.31. The first-order valence-corrected chi connectivity index (χ1v) is 11.6. The molecule has 1 saturated heterocycles. The average Bonchev–Trinajstić information content (AvgIpc) is 2.88. The normalized spacial score (nSPS) is 14.2.